The van der Waals surface area contributed by atoms with Gasteiger partial charge in [-0.05, 0) is 43.2 Å². The molecule has 18 heavy (non-hydrogen) atoms. The van der Waals surface area contributed by atoms with Crippen molar-refractivity contribution in [2.24, 2.45) is 17.8 Å². The molecular formula is C15H17FO2. The summed E-state index contributed by atoms with van der Waals surface area (Å²) in [5.41, 5.74) is 0.201. The third-order valence-corrected chi connectivity index (χ3v) is 4.52. The number of ether oxygens (including phenoxy) is 1. The molecule has 2 fully saturated rings. The molecule has 3 atom stereocenters. The lowest BCUT2D eigenvalue weighted by Gasteiger charge is -2.20. The molecule has 0 saturated heterocycles. The van der Waals surface area contributed by atoms with Crippen molar-refractivity contribution in [2.45, 2.75) is 25.7 Å². The Bertz CT molecular complexity index is 483. The van der Waals surface area contributed by atoms with Crippen molar-refractivity contribution in [3.05, 3.63) is 29.6 Å². The second kappa shape index (κ2) is 4.38. The number of Topliss-reactive ketones (excluding diaryl/α,β-unsaturated/α-hetero) is 1. The number of ketones is 1. The summed E-state index contributed by atoms with van der Waals surface area (Å²) in [5.74, 6) is 0.825. The number of methoxy groups -OCH3 is 1. The maximum absolute atomic E-state index is 14.1. The monoisotopic (exact) mass is 248 g/mol. The van der Waals surface area contributed by atoms with Gasteiger partial charge in [-0.25, -0.2) is 4.39 Å². The molecule has 0 aliphatic heterocycles. The maximum atomic E-state index is 14.1. The van der Waals surface area contributed by atoms with Crippen molar-refractivity contribution < 1.29 is 13.9 Å². The van der Waals surface area contributed by atoms with E-state index in [4.69, 9.17) is 4.74 Å². The van der Waals surface area contributed by atoms with E-state index in [-0.39, 0.29) is 23.0 Å². The fourth-order valence-corrected chi connectivity index (χ4v) is 3.62. The number of hydrogen-bond acceptors (Lipinski definition) is 2. The Kier molecular flexibility index (Phi) is 2.84. The Labute approximate surface area is 106 Å². The third-order valence-electron chi connectivity index (χ3n) is 4.52. The van der Waals surface area contributed by atoms with Crippen LogP contribution in [0.4, 0.5) is 4.39 Å². The highest BCUT2D eigenvalue weighted by Crippen LogP contribution is 2.49. The molecule has 3 rings (SSSR count). The average molecular weight is 248 g/mol. The Morgan fingerprint density at radius 2 is 2.17 bits per heavy atom. The van der Waals surface area contributed by atoms with Crippen LogP contribution in [0, 0.1) is 23.6 Å². The molecule has 1 aromatic rings. The van der Waals surface area contributed by atoms with Crippen molar-refractivity contribution in [3.63, 3.8) is 0 Å². The van der Waals surface area contributed by atoms with E-state index in [2.05, 4.69) is 0 Å². The van der Waals surface area contributed by atoms with Crippen LogP contribution in [0.25, 0.3) is 0 Å². The van der Waals surface area contributed by atoms with Crippen molar-refractivity contribution in [1.29, 1.82) is 0 Å². The average Bonchev–Trinajstić information content (AvgIpc) is 3.00. The second-order valence-electron chi connectivity index (χ2n) is 5.47. The predicted molar refractivity (Wildman–Crippen MR) is 66.2 cm³/mol. The SMILES string of the molecule is COc1cccc(C(=O)C2CC3CCC2C3)c1F. The number of halogens is 1. The zero-order valence-corrected chi connectivity index (χ0v) is 10.5. The number of rotatable bonds is 3. The first-order chi connectivity index (χ1) is 8.70. The fraction of sp³-hybridized carbons (Fsp3) is 0.533. The van der Waals surface area contributed by atoms with Gasteiger partial charge in [0, 0.05) is 5.92 Å². The molecule has 2 saturated carbocycles. The smallest absolute Gasteiger partial charge is 0.175 e. The minimum absolute atomic E-state index is 0.0291. The minimum atomic E-state index is -0.507. The van der Waals surface area contributed by atoms with E-state index >= 15 is 0 Å². The highest BCUT2D eigenvalue weighted by molar-refractivity contribution is 5.99. The summed E-state index contributed by atoms with van der Waals surface area (Å²) in [4.78, 5) is 12.4. The molecule has 2 nitrogen and oxygen atoms in total. The van der Waals surface area contributed by atoms with E-state index in [1.165, 1.54) is 13.5 Å². The van der Waals surface area contributed by atoms with Gasteiger partial charge in [0.25, 0.3) is 0 Å². The molecule has 0 N–H and O–H groups in total. The van der Waals surface area contributed by atoms with Gasteiger partial charge in [-0.3, -0.25) is 4.79 Å². The van der Waals surface area contributed by atoms with Crippen LogP contribution in [0.3, 0.4) is 0 Å². The van der Waals surface area contributed by atoms with Gasteiger partial charge >= 0.3 is 0 Å². The van der Waals surface area contributed by atoms with E-state index in [1.54, 1.807) is 18.2 Å². The molecule has 2 bridgehead atoms. The molecule has 0 radical (unpaired) electrons. The summed E-state index contributed by atoms with van der Waals surface area (Å²) >= 11 is 0. The first kappa shape index (κ1) is 11.7. The molecule has 3 unspecified atom stereocenters. The third kappa shape index (κ3) is 1.73. The van der Waals surface area contributed by atoms with Crippen LogP contribution >= 0.6 is 0 Å². The molecule has 2 aliphatic carbocycles. The quantitative estimate of drug-likeness (QED) is 0.766. The zero-order valence-electron chi connectivity index (χ0n) is 10.5. The predicted octanol–water partition coefficient (Wildman–Crippen LogP) is 3.45. The van der Waals surface area contributed by atoms with Crippen LogP contribution < -0.4 is 4.74 Å². The van der Waals surface area contributed by atoms with Gasteiger partial charge in [-0.2, -0.15) is 0 Å². The summed E-state index contributed by atoms with van der Waals surface area (Å²) in [6.45, 7) is 0. The number of carbonyl (C=O) groups is 1. The van der Waals surface area contributed by atoms with Gasteiger partial charge in [-0.15, -0.1) is 0 Å². The largest absolute Gasteiger partial charge is 0.494 e. The normalized spacial score (nSPS) is 29.6. The molecule has 3 heteroatoms. The van der Waals surface area contributed by atoms with Gasteiger partial charge in [-0.1, -0.05) is 12.5 Å². The van der Waals surface area contributed by atoms with E-state index in [0.29, 0.717) is 11.8 Å². The summed E-state index contributed by atoms with van der Waals surface area (Å²) in [5, 5.41) is 0. The van der Waals surface area contributed by atoms with Crippen LogP contribution in [0.5, 0.6) is 5.75 Å². The number of carbonyl (C=O) groups excluding carboxylic acids is 1. The molecule has 0 heterocycles. The minimum Gasteiger partial charge on any atom is -0.494 e. The van der Waals surface area contributed by atoms with E-state index in [1.807, 2.05) is 0 Å². The summed E-state index contributed by atoms with van der Waals surface area (Å²) in [6.07, 6.45) is 4.48. The Hall–Kier alpha value is -1.38. The number of fused-ring (bicyclic) bond motifs is 2. The molecule has 0 spiro atoms. The van der Waals surface area contributed by atoms with Crippen LogP contribution in [0.15, 0.2) is 18.2 Å². The first-order valence-corrected chi connectivity index (χ1v) is 6.57. The lowest BCUT2D eigenvalue weighted by atomic mass is 9.83. The molecular weight excluding hydrogens is 231 g/mol. The van der Waals surface area contributed by atoms with Crippen molar-refractivity contribution in [1.82, 2.24) is 0 Å². The maximum Gasteiger partial charge on any atom is 0.175 e. The summed E-state index contributed by atoms with van der Waals surface area (Å²) < 4.78 is 19.0. The first-order valence-electron chi connectivity index (χ1n) is 6.57. The summed E-state index contributed by atoms with van der Waals surface area (Å²) in [6, 6.07) is 4.81. The van der Waals surface area contributed by atoms with Crippen LogP contribution in [0.2, 0.25) is 0 Å². The van der Waals surface area contributed by atoms with Crippen LogP contribution in [-0.4, -0.2) is 12.9 Å². The van der Waals surface area contributed by atoms with E-state index < -0.39 is 5.82 Å². The Morgan fingerprint density at radius 1 is 1.33 bits per heavy atom. The molecule has 96 valence electrons. The lowest BCUT2D eigenvalue weighted by Crippen LogP contribution is -2.22. The zero-order chi connectivity index (χ0) is 12.7. The van der Waals surface area contributed by atoms with E-state index in [9.17, 15) is 9.18 Å². The summed E-state index contributed by atoms with van der Waals surface area (Å²) in [7, 11) is 1.42. The molecule has 0 aromatic heterocycles. The van der Waals surface area contributed by atoms with E-state index in [0.717, 1.165) is 19.3 Å². The van der Waals surface area contributed by atoms with Gasteiger partial charge < -0.3 is 4.74 Å². The van der Waals surface area contributed by atoms with Gasteiger partial charge in [0.15, 0.2) is 17.3 Å². The van der Waals surface area contributed by atoms with Crippen molar-refractivity contribution in [2.75, 3.05) is 7.11 Å². The standard InChI is InChI=1S/C15H17FO2/c1-18-13-4-2-3-11(14(13)16)15(17)12-8-9-5-6-10(12)7-9/h2-4,9-10,12H,5-8H2,1H3. The highest BCUT2D eigenvalue weighted by Gasteiger charge is 2.43. The molecule has 0 amide bonds. The van der Waals surface area contributed by atoms with Crippen molar-refractivity contribution >= 4 is 5.78 Å². The fourth-order valence-electron chi connectivity index (χ4n) is 3.62. The lowest BCUT2D eigenvalue weighted by molar-refractivity contribution is 0.0869. The van der Waals surface area contributed by atoms with Gasteiger partial charge in [0.2, 0.25) is 0 Å². The van der Waals surface area contributed by atoms with Gasteiger partial charge in [0.1, 0.15) is 0 Å². The molecule has 1 aromatic carbocycles. The van der Waals surface area contributed by atoms with Gasteiger partial charge in [0.05, 0.1) is 12.7 Å². The van der Waals surface area contributed by atoms with Crippen molar-refractivity contribution in [3.8, 4) is 5.75 Å². The number of hydrogen-bond donors (Lipinski definition) is 0. The second-order valence-corrected chi connectivity index (χ2v) is 5.47. The highest BCUT2D eigenvalue weighted by atomic mass is 19.1. The number of benzene rings is 1. The van der Waals surface area contributed by atoms with Crippen LogP contribution in [-0.2, 0) is 0 Å². The Morgan fingerprint density at radius 3 is 2.78 bits per heavy atom. The topological polar surface area (TPSA) is 26.3 Å². The molecule has 2 aliphatic rings. The Balaban J connectivity index is 1.89. The van der Waals surface area contributed by atoms with Crippen LogP contribution in [0.1, 0.15) is 36.0 Å².